The van der Waals surface area contributed by atoms with Gasteiger partial charge in [-0.3, -0.25) is 0 Å². The number of rotatable bonds is 1. The van der Waals surface area contributed by atoms with E-state index < -0.39 is 18.3 Å². The van der Waals surface area contributed by atoms with E-state index in [-0.39, 0.29) is 5.41 Å². The average molecular weight is 219 g/mol. The predicted molar refractivity (Wildman–Crippen MR) is 53.8 cm³/mol. The normalized spacial score (nSPS) is 13.0. The summed E-state index contributed by atoms with van der Waals surface area (Å²) in [5, 5.41) is 0. The Labute approximate surface area is 86.4 Å². The second-order valence-corrected chi connectivity index (χ2v) is 4.56. The molecule has 0 fully saturated rings. The minimum absolute atomic E-state index is 0.349. The van der Waals surface area contributed by atoms with Gasteiger partial charge in [0.15, 0.2) is 0 Å². The Bertz CT molecular complexity index is 363. The van der Waals surface area contributed by atoms with E-state index in [9.17, 15) is 17.3 Å². The number of benzene rings is 1. The monoisotopic (exact) mass is 219 g/mol. The number of halogens is 4. The zero-order valence-electron chi connectivity index (χ0n) is 8.82. The molecule has 0 saturated carbocycles. The minimum atomic E-state index is -5.26. The van der Waals surface area contributed by atoms with Gasteiger partial charge in [0.05, 0.1) is 5.82 Å². The highest BCUT2D eigenvalue weighted by Crippen LogP contribution is 2.23. The van der Waals surface area contributed by atoms with Crippen molar-refractivity contribution in [3.05, 3.63) is 29.6 Å². The first-order valence-corrected chi connectivity index (χ1v) is 4.62. The maximum Gasteiger partial charge on any atom is 0.512 e. The molecule has 0 N–H and O–H groups in total. The van der Waals surface area contributed by atoms with Crippen LogP contribution in [0.3, 0.4) is 0 Å². The van der Waals surface area contributed by atoms with Gasteiger partial charge in [-0.2, -0.15) is 0 Å². The van der Waals surface area contributed by atoms with Crippen LogP contribution in [0.25, 0.3) is 0 Å². The van der Waals surface area contributed by atoms with Crippen molar-refractivity contribution in [2.45, 2.75) is 26.2 Å². The summed E-state index contributed by atoms with van der Waals surface area (Å²) in [6.45, 7) is 0.200. The highest BCUT2D eigenvalue weighted by molar-refractivity contribution is 6.73. The lowest BCUT2D eigenvalue weighted by Crippen LogP contribution is -2.37. The molecule has 0 nitrogen and oxygen atoms in total. The first-order chi connectivity index (χ1) is 6.62. The van der Waals surface area contributed by atoms with E-state index in [2.05, 4.69) is 0 Å². The van der Waals surface area contributed by atoms with Gasteiger partial charge in [-0.15, -0.1) is 0 Å². The van der Waals surface area contributed by atoms with Crippen molar-refractivity contribution in [3.63, 3.8) is 0 Å². The van der Waals surface area contributed by atoms with Crippen LogP contribution < -0.4 is 5.46 Å². The largest absolute Gasteiger partial charge is 0.512 e. The topological polar surface area (TPSA) is 0 Å². The molecule has 0 bridgehead atoms. The highest BCUT2D eigenvalue weighted by Gasteiger charge is 2.29. The summed E-state index contributed by atoms with van der Waals surface area (Å²) in [4.78, 5) is 0. The molecule has 0 heterocycles. The van der Waals surface area contributed by atoms with Crippen LogP contribution in [-0.2, 0) is 5.41 Å². The summed E-state index contributed by atoms with van der Waals surface area (Å²) in [6, 6.07) is 3.11. The van der Waals surface area contributed by atoms with Crippen LogP contribution in [-0.4, -0.2) is 6.98 Å². The summed E-state index contributed by atoms with van der Waals surface area (Å²) < 4.78 is 50.1. The molecular formula is C10H12BF4-. The Morgan fingerprint density at radius 1 is 1.07 bits per heavy atom. The second-order valence-electron chi connectivity index (χ2n) is 4.56. The zero-order chi connectivity index (χ0) is 11.9. The lowest BCUT2D eigenvalue weighted by Gasteiger charge is -2.22. The summed E-state index contributed by atoms with van der Waals surface area (Å²) in [7, 11) is 0. The maximum atomic E-state index is 13.2. The molecule has 1 aromatic rings. The van der Waals surface area contributed by atoms with Gasteiger partial charge in [0, 0.05) is 0 Å². The lowest BCUT2D eigenvalue weighted by atomic mass is 9.77. The maximum absolute atomic E-state index is 13.2. The third-order valence-corrected chi connectivity index (χ3v) is 2.22. The Hall–Kier alpha value is -0.995. The molecule has 0 amide bonds. The Morgan fingerprint density at radius 3 is 1.93 bits per heavy atom. The smallest absolute Gasteiger partial charge is 0.445 e. The molecule has 1 rings (SSSR count). The van der Waals surface area contributed by atoms with Crippen LogP contribution in [0.15, 0.2) is 18.2 Å². The molecule has 0 aliphatic rings. The van der Waals surface area contributed by atoms with E-state index >= 15 is 0 Å². The van der Waals surface area contributed by atoms with E-state index in [1.54, 1.807) is 0 Å². The fraction of sp³-hybridized carbons (Fsp3) is 0.400. The van der Waals surface area contributed by atoms with Gasteiger partial charge in [-0.25, -0.2) is 4.39 Å². The fourth-order valence-electron chi connectivity index (χ4n) is 1.26. The minimum Gasteiger partial charge on any atom is -0.445 e. The van der Waals surface area contributed by atoms with Gasteiger partial charge < -0.3 is 12.9 Å². The van der Waals surface area contributed by atoms with E-state index in [1.165, 1.54) is 6.07 Å². The Balaban J connectivity index is 3.21. The molecule has 0 aliphatic heterocycles. The summed E-state index contributed by atoms with van der Waals surface area (Å²) in [5.74, 6) is -1.19. The number of hydrogen-bond acceptors (Lipinski definition) is 0. The summed E-state index contributed by atoms with van der Waals surface area (Å²) >= 11 is 0. The van der Waals surface area contributed by atoms with Crippen LogP contribution >= 0.6 is 0 Å². The van der Waals surface area contributed by atoms with E-state index in [4.69, 9.17) is 0 Å². The van der Waals surface area contributed by atoms with Gasteiger partial charge in [0.2, 0.25) is 0 Å². The third kappa shape index (κ3) is 2.73. The highest BCUT2D eigenvalue weighted by atomic mass is 19.4. The van der Waals surface area contributed by atoms with E-state index in [0.29, 0.717) is 5.56 Å². The van der Waals surface area contributed by atoms with Crippen molar-refractivity contribution in [1.29, 1.82) is 0 Å². The average Bonchev–Trinajstić information content (AvgIpc) is 1.99. The van der Waals surface area contributed by atoms with Gasteiger partial charge in [0.1, 0.15) is 0 Å². The van der Waals surface area contributed by atoms with Gasteiger partial charge in [-0.05, 0) is 17.0 Å². The number of hydrogen-bond donors (Lipinski definition) is 0. The van der Waals surface area contributed by atoms with Crippen molar-refractivity contribution in [1.82, 2.24) is 0 Å². The molecule has 0 aliphatic carbocycles. The molecule has 0 saturated heterocycles. The van der Waals surface area contributed by atoms with Crippen molar-refractivity contribution >= 4 is 12.4 Å². The van der Waals surface area contributed by atoms with Gasteiger partial charge >= 0.3 is 6.98 Å². The lowest BCUT2D eigenvalue weighted by molar-refractivity contribution is 0.493. The van der Waals surface area contributed by atoms with Crippen molar-refractivity contribution in [2.24, 2.45) is 0 Å². The SMILES string of the molecule is CC(C)(C)c1ccc([B-](F)(F)F)c(F)c1. The Kier molecular flexibility index (Phi) is 2.85. The van der Waals surface area contributed by atoms with Crippen LogP contribution in [0.5, 0.6) is 0 Å². The quantitative estimate of drug-likeness (QED) is 0.502. The van der Waals surface area contributed by atoms with Crippen molar-refractivity contribution in [2.75, 3.05) is 0 Å². The molecule has 0 unspecified atom stereocenters. The van der Waals surface area contributed by atoms with Crippen molar-refractivity contribution < 1.29 is 17.3 Å². The van der Waals surface area contributed by atoms with E-state index in [0.717, 1.165) is 12.1 Å². The third-order valence-electron chi connectivity index (χ3n) is 2.22. The molecule has 0 aromatic heterocycles. The molecule has 84 valence electrons. The molecule has 0 atom stereocenters. The van der Waals surface area contributed by atoms with E-state index in [1.807, 2.05) is 20.8 Å². The summed E-state index contributed by atoms with van der Waals surface area (Å²) in [5.41, 5.74) is -0.940. The van der Waals surface area contributed by atoms with Crippen LogP contribution in [0.1, 0.15) is 26.3 Å². The summed E-state index contributed by atoms with van der Waals surface area (Å²) in [6.07, 6.45) is 0. The fourth-order valence-corrected chi connectivity index (χ4v) is 1.26. The van der Waals surface area contributed by atoms with Crippen LogP contribution in [0, 0.1) is 5.82 Å². The molecule has 0 radical (unpaired) electrons. The molecule has 0 spiro atoms. The van der Waals surface area contributed by atoms with Gasteiger partial charge in [-0.1, -0.05) is 38.4 Å². The standard InChI is InChI=1S/C10H12BF4/c1-10(2,3)7-4-5-8(9(12)6-7)11(13,14)15/h4-6H,1-3H3/q-1. The van der Waals surface area contributed by atoms with Crippen LogP contribution in [0.2, 0.25) is 0 Å². The van der Waals surface area contributed by atoms with Gasteiger partial charge in [0.25, 0.3) is 0 Å². The predicted octanol–water partition coefficient (Wildman–Crippen LogP) is 3.18. The molecular weight excluding hydrogens is 207 g/mol. The van der Waals surface area contributed by atoms with Crippen LogP contribution in [0.4, 0.5) is 17.3 Å². The zero-order valence-corrected chi connectivity index (χ0v) is 8.82. The molecule has 5 heteroatoms. The first kappa shape index (κ1) is 12.1. The first-order valence-electron chi connectivity index (χ1n) is 4.62. The molecule has 15 heavy (non-hydrogen) atoms. The second kappa shape index (κ2) is 3.54. The van der Waals surface area contributed by atoms with Crippen molar-refractivity contribution in [3.8, 4) is 0 Å². The Morgan fingerprint density at radius 2 is 1.60 bits per heavy atom. The molecule has 1 aromatic carbocycles.